The van der Waals surface area contributed by atoms with Crippen LogP contribution in [0.1, 0.15) is 43.4 Å². The summed E-state index contributed by atoms with van der Waals surface area (Å²) in [5.74, 6) is 0. The third-order valence-electron chi connectivity index (χ3n) is 5.58. The summed E-state index contributed by atoms with van der Waals surface area (Å²) in [6, 6.07) is 11.3. The van der Waals surface area contributed by atoms with Gasteiger partial charge in [-0.1, -0.05) is 31.5 Å². The molecule has 2 N–H and O–H groups in total. The molecular weight excluding hydrogens is 466 g/mol. The molecule has 3 aromatic rings. The second kappa shape index (κ2) is 11.1. The molecule has 0 unspecified atom stereocenters. The van der Waals surface area contributed by atoms with Crippen molar-refractivity contribution in [2.24, 2.45) is 12.1 Å². The van der Waals surface area contributed by atoms with Gasteiger partial charge >= 0.3 is 0 Å². The fraction of sp³-hybridized carbons (Fsp3) is 0.360. The van der Waals surface area contributed by atoms with E-state index in [1.165, 1.54) is 5.56 Å². The molecule has 0 amide bonds. The van der Waals surface area contributed by atoms with Crippen molar-refractivity contribution < 1.29 is 8.42 Å². The molecule has 34 heavy (non-hydrogen) atoms. The van der Waals surface area contributed by atoms with Crippen LogP contribution in [0, 0.1) is 13.8 Å². The van der Waals surface area contributed by atoms with E-state index in [1.54, 1.807) is 22.7 Å². The summed E-state index contributed by atoms with van der Waals surface area (Å²) in [4.78, 5) is 0.294. The zero-order valence-corrected chi connectivity index (χ0v) is 22.1. The molecule has 0 spiro atoms. The van der Waals surface area contributed by atoms with Crippen LogP contribution in [0.3, 0.4) is 0 Å². The van der Waals surface area contributed by atoms with E-state index in [2.05, 4.69) is 21.9 Å². The number of hydrogen-bond acceptors (Lipinski definition) is 4. The molecule has 0 fully saturated rings. The molecule has 1 aromatic heterocycles. The Morgan fingerprint density at radius 3 is 2.47 bits per heavy atom. The van der Waals surface area contributed by atoms with Gasteiger partial charge in [0.25, 0.3) is 0 Å². The predicted molar refractivity (Wildman–Crippen MR) is 145 cm³/mol. The van der Waals surface area contributed by atoms with Crippen LogP contribution in [0.25, 0.3) is 10.9 Å². The summed E-state index contributed by atoms with van der Waals surface area (Å²) >= 11 is 5.37. The summed E-state index contributed by atoms with van der Waals surface area (Å²) in [5, 5.41) is 8.62. The molecule has 9 heteroatoms. The monoisotopic (exact) mass is 499 g/mol. The lowest BCUT2D eigenvalue weighted by Crippen LogP contribution is -2.32. The minimum Gasteiger partial charge on any atom is -0.350 e. The molecule has 3 rings (SSSR count). The number of hydrazone groups is 1. The average molecular weight is 500 g/mol. The zero-order chi connectivity index (χ0) is 24.9. The zero-order valence-electron chi connectivity index (χ0n) is 20.4. The van der Waals surface area contributed by atoms with Crippen LogP contribution in [-0.2, 0) is 17.1 Å². The lowest BCUT2D eigenvalue weighted by Gasteiger charge is -2.21. The summed E-state index contributed by atoms with van der Waals surface area (Å²) in [6.45, 7) is 9.05. The first-order chi connectivity index (χ1) is 16.2. The summed E-state index contributed by atoms with van der Waals surface area (Å²) < 4.78 is 30.0. The predicted octanol–water partition coefficient (Wildman–Crippen LogP) is 4.93. The molecule has 2 aromatic carbocycles. The highest BCUT2D eigenvalue weighted by molar-refractivity contribution is 7.89. The first-order valence-corrected chi connectivity index (χ1v) is 13.3. The minimum absolute atomic E-state index is 0.294. The molecule has 0 aliphatic rings. The highest BCUT2D eigenvalue weighted by atomic mass is 32.2. The van der Waals surface area contributed by atoms with Gasteiger partial charge in [-0.25, -0.2) is 8.42 Å². The Morgan fingerprint density at radius 1 is 1.12 bits per heavy atom. The number of sulfonamides is 1. The Kier molecular flexibility index (Phi) is 8.46. The Balaban J connectivity index is 1.82. The van der Waals surface area contributed by atoms with Gasteiger partial charge in [0.1, 0.15) is 0 Å². The molecule has 0 bridgehead atoms. The van der Waals surface area contributed by atoms with Gasteiger partial charge in [-0.2, -0.15) is 9.41 Å². The van der Waals surface area contributed by atoms with Gasteiger partial charge in [0.15, 0.2) is 5.11 Å². The van der Waals surface area contributed by atoms with Crippen LogP contribution < -0.4 is 10.7 Å². The molecule has 182 valence electrons. The Labute approximate surface area is 207 Å². The second-order valence-electron chi connectivity index (χ2n) is 8.42. The molecule has 1 heterocycles. The molecule has 0 aliphatic carbocycles. The van der Waals surface area contributed by atoms with Crippen LogP contribution in [0.4, 0.5) is 5.69 Å². The van der Waals surface area contributed by atoms with Crippen LogP contribution in [0.5, 0.6) is 0 Å². The summed E-state index contributed by atoms with van der Waals surface area (Å²) in [6.07, 6.45) is 5.12. The van der Waals surface area contributed by atoms with E-state index in [-0.39, 0.29) is 0 Å². The largest absolute Gasteiger partial charge is 0.350 e. The van der Waals surface area contributed by atoms with Gasteiger partial charge < -0.3 is 9.88 Å². The van der Waals surface area contributed by atoms with Gasteiger partial charge in [-0.3, -0.25) is 5.43 Å². The van der Waals surface area contributed by atoms with Gasteiger partial charge in [0, 0.05) is 48.5 Å². The van der Waals surface area contributed by atoms with E-state index in [4.69, 9.17) is 12.2 Å². The Hall–Kier alpha value is -2.75. The fourth-order valence-electron chi connectivity index (χ4n) is 3.93. The van der Waals surface area contributed by atoms with Crippen molar-refractivity contribution in [3.05, 3.63) is 59.3 Å². The van der Waals surface area contributed by atoms with Crippen molar-refractivity contribution in [3.63, 3.8) is 0 Å². The van der Waals surface area contributed by atoms with E-state index in [0.29, 0.717) is 23.1 Å². The quantitative estimate of drug-likeness (QED) is 0.248. The van der Waals surface area contributed by atoms with Crippen molar-refractivity contribution >= 4 is 50.2 Å². The van der Waals surface area contributed by atoms with Gasteiger partial charge in [-0.15, -0.1) is 0 Å². The standard InChI is InChI=1S/C25H33N5O2S2/c1-6-12-30(13-7-2)34(31,32)21-9-11-24-22(15-21)20(17-29(24)5)16-26-28-25(33)27-23-10-8-18(3)14-19(23)4/h8-11,14-17H,6-7,12-13H2,1-5H3,(H2,27,28,33)/b26-16-. The van der Waals surface area contributed by atoms with Gasteiger partial charge in [0.05, 0.1) is 11.1 Å². The van der Waals surface area contributed by atoms with E-state index >= 15 is 0 Å². The highest BCUT2D eigenvalue weighted by Gasteiger charge is 2.24. The Morgan fingerprint density at radius 2 is 1.82 bits per heavy atom. The molecule has 0 atom stereocenters. The number of benzene rings is 2. The number of rotatable bonds is 9. The molecule has 7 nitrogen and oxygen atoms in total. The number of hydrogen-bond donors (Lipinski definition) is 2. The smallest absolute Gasteiger partial charge is 0.243 e. The van der Waals surface area contributed by atoms with E-state index in [9.17, 15) is 8.42 Å². The second-order valence-corrected chi connectivity index (χ2v) is 10.8. The maximum atomic E-state index is 13.2. The fourth-order valence-corrected chi connectivity index (χ4v) is 5.74. The van der Waals surface area contributed by atoms with E-state index < -0.39 is 10.0 Å². The van der Waals surface area contributed by atoms with Crippen LogP contribution >= 0.6 is 12.2 Å². The number of fused-ring (bicyclic) bond motifs is 1. The van der Waals surface area contributed by atoms with Gasteiger partial charge in [-0.05, 0) is 68.7 Å². The first-order valence-electron chi connectivity index (χ1n) is 11.4. The number of nitrogens with one attached hydrogen (secondary N) is 2. The SMILES string of the molecule is CCCN(CCC)S(=O)(=O)c1ccc2c(c1)c(/C=N\NC(=S)Nc1ccc(C)cc1C)cn2C. The van der Waals surface area contributed by atoms with E-state index in [0.717, 1.165) is 40.6 Å². The maximum Gasteiger partial charge on any atom is 0.243 e. The summed E-state index contributed by atoms with van der Waals surface area (Å²) in [5.41, 5.74) is 7.77. The Bertz CT molecular complexity index is 1310. The van der Waals surface area contributed by atoms with Crippen LogP contribution in [0.15, 0.2) is 52.6 Å². The lowest BCUT2D eigenvalue weighted by molar-refractivity contribution is 0.410. The minimum atomic E-state index is -3.57. The number of aromatic nitrogens is 1. The van der Waals surface area contributed by atoms with Crippen molar-refractivity contribution in [2.75, 3.05) is 18.4 Å². The third kappa shape index (κ3) is 5.84. The highest BCUT2D eigenvalue weighted by Crippen LogP contribution is 2.25. The molecule has 0 saturated heterocycles. The molecule has 0 radical (unpaired) electrons. The maximum absolute atomic E-state index is 13.2. The number of aryl methyl sites for hydroxylation is 3. The molecule has 0 saturated carbocycles. The lowest BCUT2D eigenvalue weighted by atomic mass is 10.1. The van der Waals surface area contributed by atoms with Crippen LogP contribution in [0.2, 0.25) is 0 Å². The van der Waals surface area contributed by atoms with Crippen molar-refractivity contribution in [1.29, 1.82) is 0 Å². The summed E-state index contributed by atoms with van der Waals surface area (Å²) in [7, 11) is -1.64. The number of thiocarbonyl (C=S) groups is 1. The van der Waals surface area contributed by atoms with Crippen molar-refractivity contribution in [3.8, 4) is 0 Å². The normalized spacial score (nSPS) is 12.1. The average Bonchev–Trinajstić information content (AvgIpc) is 3.10. The van der Waals surface area contributed by atoms with Crippen molar-refractivity contribution in [1.82, 2.24) is 14.3 Å². The molecule has 0 aliphatic heterocycles. The molecular formula is C25H33N5O2S2. The van der Waals surface area contributed by atoms with Gasteiger partial charge in [0.2, 0.25) is 10.0 Å². The van der Waals surface area contributed by atoms with Crippen molar-refractivity contribution in [2.45, 2.75) is 45.4 Å². The van der Waals surface area contributed by atoms with E-state index in [1.807, 2.05) is 63.7 Å². The number of nitrogens with zero attached hydrogens (tertiary/aromatic N) is 3. The third-order valence-corrected chi connectivity index (χ3v) is 7.66. The topological polar surface area (TPSA) is 78.7 Å². The first kappa shape index (κ1) is 25.9. The van der Waals surface area contributed by atoms with Crippen LogP contribution in [-0.4, -0.2) is 41.7 Å². The number of anilines is 1.